The van der Waals surface area contributed by atoms with Crippen molar-refractivity contribution in [3.8, 4) is 0 Å². The summed E-state index contributed by atoms with van der Waals surface area (Å²) in [6.45, 7) is 0.832. The third kappa shape index (κ3) is 3.65. The Labute approximate surface area is 158 Å². The number of sulfonamides is 1. The lowest BCUT2D eigenvalue weighted by atomic mass is 10.1. The summed E-state index contributed by atoms with van der Waals surface area (Å²) in [5, 5.41) is 0.596. The van der Waals surface area contributed by atoms with Crippen LogP contribution in [0.4, 0.5) is 0 Å². The van der Waals surface area contributed by atoms with Gasteiger partial charge in [0.05, 0.1) is 23.0 Å². The molecule has 0 aliphatic carbocycles. The highest BCUT2D eigenvalue weighted by Crippen LogP contribution is 2.24. The minimum Gasteiger partial charge on any atom is -0.296 e. The molecular formula is C20H21N3O3S. The van der Waals surface area contributed by atoms with E-state index in [0.29, 0.717) is 36.8 Å². The van der Waals surface area contributed by atoms with Gasteiger partial charge in [0.25, 0.3) is 5.56 Å². The number of nitrogens with zero attached hydrogens (tertiary/aromatic N) is 3. The molecule has 1 aromatic heterocycles. The summed E-state index contributed by atoms with van der Waals surface area (Å²) in [5.74, 6) is 0.00991. The van der Waals surface area contributed by atoms with Gasteiger partial charge in [0.1, 0.15) is 0 Å². The maximum Gasteiger partial charge on any atom is 0.261 e. The number of aromatic nitrogens is 2. The Bertz CT molecular complexity index is 1100. The quantitative estimate of drug-likeness (QED) is 0.694. The molecule has 1 fully saturated rings. The van der Waals surface area contributed by atoms with E-state index in [9.17, 15) is 13.2 Å². The first-order valence-corrected chi connectivity index (χ1v) is 10.6. The predicted octanol–water partition coefficient (Wildman–Crippen LogP) is 2.56. The Morgan fingerprint density at radius 2 is 1.63 bits per heavy atom. The fourth-order valence-electron chi connectivity index (χ4n) is 3.62. The van der Waals surface area contributed by atoms with Crippen LogP contribution in [-0.2, 0) is 15.8 Å². The predicted molar refractivity (Wildman–Crippen MR) is 105 cm³/mol. The van der Waals surface area contributed by atoms with Gasteiger partial charge in [-0.3, -0.25) is 9.36 Å². The van der Waals surface area contributed by atoms with E-state index in [4.69, 9.17) is 0 Å². The van der Waals surface area contributed by atoms with E-state index in [0.717, 1.165) is 5.56 Å². The van der Waals surface area contributed by atoms with Gasteiger partial charge >= 0.3 is 0 Å². The van der Waals surface area contributed by atoms with E-state index >= 15 is 0 Å². The zero-order valence-corrected chi connectivity index (χ0v) is 15.7. The van der Waals surface area contributed by atoms with Crippen LogP contribution in [0, 0.1) is 0 Å². The highest BCUT2D eigenvalue weighted by molar-refractivity contribution is 7.88. The van der Waals surface area contributed by atoms with Gasteiger partial charge in [-0.1, -0.05) is 42.5 Å². The maximum absolute atomic E-state index is 12.7. The number of para-hydroxylation sites is 1. The Hall–Kier alpha value is -2.51. The van der Waals surface area contributed by atoms with E-state index in [1.165, 1.54) is 4.31 Å². The van der Waals surface area contributed by atoms with Gasteiger partial charge in [0.2, 0.25) is 10.0 Å². The summed E-state index contributed by atoms with van der Waals surface area (Å²) in [5.41, 5.74) is 1.40. The molecule has 0 spiro atoms. The first-order valence-electron chi connectivity index (χ1n) is 9.02. The highest BCUT2D eigenvalue weighted by Gasteiger charge is 2.29. The van der Waals surface area contributed by atoms with Crippen molar-refractivity contribution in [1.29, 1.82) is 0 Å². The Balaban J connectivity index is 1.49. The molecule has 0 radical (unpaired) electrons. The molecule has 0 N–H and O–H groups in total. The summed E-state index contributed by atoms with van der Waals surface area (Å²) in [6.07, 6.45) is 2.80. The van der Waals surface area contributed by atoms with Crippen LogP contribution in [-0.4, -0.2) is 35.4 Å². The van der Waals surface area contributed by atoms with Crippen molar-refractivity contribution in [2.75, 3.05) is 13.1 Å². The molecule has 0 atom stereocenters. The minimum atomic E-state index is -3.36. The van der Waals surface area contributed by atoms with Crippen molar-refractivity contribution in [2.24, 2.45) is 0 Å². The van der Waals surface area contributed by atoms with Gasteiger partial charge in [-0.25, -0.2) is 17.7 Å². The third-order valence-corrected chi connectivity index (χ3v) is 6.94. The molecule has 2 aromatic carbocycles. The van der Waals surface area contributed by atoms with Gasteiger partial charge in [-0.2, -0.15) is 0 Å². The van der Waals surface area contributed by atoms with E-state index in [1.54, 1.807) is 17.0 Å². The number of hydrogen-bond acceptors (Lipinski definition) is 4. The number of benzene rings is 2. The molecule has 27 heavy (non-hydrogen) atoms. The zero-order chi connectivity index (χ0) is 18.9. The van der Waals surface area contributed by atoms with Crippen LogP contribution in [0.3, 0.4) is 0 Å². The fourth-order valence-corrected chi connectivity index (χ4v) is 5.18. The largest absolute Gasteiger partial charge is 0.296 e. The molecule has 1 aliphatic rings. The monoisotopic (exact) mass is 383 g/mol. The van der Waals surface area contributed by atoms with Crippen molar-refractivity contribution in [2.45, 2.75) is 24.6 Å². The van der Waals surface area contributed by atoms with Gasteiger partial charge in [-0.05, 0) is 30.5 Å². The zero-order valence-electron chi connectivity index (χ0n) is 14.9. The van der Waals surface area contributed by atoms with E-state index in [1.807, 2.05) is 48.5 Å². The molecule has 1 saturated heterocycles. The molecule has 140 valence electrons. The first-order chi connectivity index (χ1) is 13.0. The average molecular weight is 383 g/mol. The lowest BCUT2D eigenvalue weighted by Gasteiger charge is -2.32. The van der Waals surface area contributed by atoms with Gasteiger partial charge in [0, 0.05) is 19.1 Å². The van der Waals surface area contributed by atoms with Gasteiger partial charge in [-0.15, -0.1) is 0 Å². The Kier molecular flexibility index (Phi) is 4.80. The average Bonchev–Trinajstić information content (AvgIpc) is 2.69. The summed E-state index contributed by atoms with van der Waals surface area (Å²) in [6, 6.07) is 16.5. The first kappa shape index (κ1) is 17.9. The second-order valence-corrected chi connectivity index (χ2v) is 8.82. The smallest absolute Gasteiger partial charge is 0.261 e. The van der Waals surface area contributed by atoms with Gasteiger partial charge < -0.3 is 0 Å². The van der Waals surface area contributed by atoms with Crippen LogP contribution in [0.25, 0.3) is 10.9 Å². The van der Waals surface area contributed by atoms with Crippen molar-refractivity contribution in [3.05, 3.63) is 76.8 Å². The summed E-state index contributed by atoms with van der Waals surface area (Å²) in [7, 11) is -3.36. The van der Waals surface area contributed by atoms with Crippen molar-refractivity contribution < 1.29 is 8.42 Å². The molecule has 4 rings (SSSR count). The van der Waals surface area contributed by atoms with Crippen molar-refractivity contribution >= 4 is 20.9 Å². The van der Waals surface area contributed by atoms with Crippen molar-refractivity contribution in [3.63, 3.8) is 0 Å². The van der Waals surface area contributed by atoms with Crippen LogP contribution < -0.4 is 5.56 Å². The number of hydrogen-bond donors (Lipinski definition) is 0. The van der Waals surface area contributed by atoms with Gasteiger partial charge in [0.15, 0.2) is 0 Å². The fraction of sp³-hybridized carbons (Fsp3) is 0.300. The second kappa shape index (κ2) is 7.25. The van der Waals surface area contributed by atoms with E-state index < -0.39 is 10.0 Å². The molecule has 0 amide bonds. The summed E-state index contributed by atoms with van der Waals surface area (Å²) < 4.78 is 28.6. The molecule has 3 aromatic rings. The van der Waals surface area contributed by atoms with Crippen LogP contribution >= 0.6 is 0 Å². The number of fused-ring (bicyclic) bond motifs is 1. The molecule has 7 heteroatoms. The molecule has 2 heterocycles. The standard InChI is InChI=1S/C20H21N3O3S/c24-20-18-8-4-5-9-19(18)21-15-23(20)17-10-12-22(13-11-17)27(25,26)14-16-6-2-1-3-7-16/h1-9,15,17H,10-14H2. The number of rotatable bonds is 4. The van der Waals surface area contributed by atoms with Crippen LogP contribution in [0.2, 0.25) is 0 Å². The molecule has 1 aliphatic heterocycles. The number of piperidine rings is 1. The Morgan fingerprint density at radius 3 is 2.37 bits per heavy atom. The summed E-state index contributed by atoms with van der Waals surface area (Å²) in [4.78, 5) is 17.1. The van der Waals surface area contributed by atoms with Crippen molar-refractivity contribution in [1.82, 2.24) is 13.9 Å². The lowest BCUT2D eigenvalue weighted by Crippen LogP contribution is -2.41. The summed E-state index contributed by atoms with van der Waals surface area (Å²) >= 11 is 0. The van der Waals surface area contributed by atoms with Crippen LogP contribution in [0.15, 0.2) is 65.7 Å². The molecule has 0 unspecified atom stereocenters. The second-order valence-electron chi connectivity index (χ2n) is 6.85. The van der Waals surface area contributed by atoms with Crippen LogP contribution in [0.5, 0.6) is 0 Å². The maximum atomic E-state index is 12.7. The third-order valence-electron chi connectivity index (χ3n) is 5.09. The Morgan fingerprint density at radius 1 is 0.963 bits per heavy atom. The van der Waals surface area contributed by atoms with E-state index in [2.05, 4.69) is 4.98 Å². The van der Waals surface area contributed by atoms with Crippen LogP contribution in [0.1, 0.15) is 24.4 Å². The molecular weight excluding hydrogens is 362 g/mol. The van der Waals surface area contributed by atoms with E-state index in [-0.39, 0.29) is 17.4 Å². The lowest BCUT2D eigenvalue weighted by molar-refractivity contribution is 0.269. The SMILES string of the molecule is O=c1c2ccccc2ncn1C1CCN(S(=O)(=O)Cc2ccccc2)CC1. The molecule has 0 saturated carbocycles. The molecule has 0 bridgehead atoms. The molecule has 6 nitrogen and oxygen atoms in total. The normalized spacial score (nSPS) is 16.6. The minimum absolute atomic E-state index is 0.00991. The topological polar surface area (TPSA) is 72.3 Å². The highest BCUT2D eigenvalue weighted by atomic mass is 32.2.